The van der Waals surface area contributed by atoms with Crippen molar-refractivity contribution in [2.45, 2.75) is 6.92 Å². The lowest BCUT2D eigenvalue weighted by atomic mass is 10.2. The van der Waals surface area contributed by atoms with Crippen molar-refractivity contribution in [2.75, 3.05) is 11.1 Å². The highest BCUT2D eigenvalue weighted by Crippen LogP contribution is 2.23. The number of hydrogen-bond donors (Lipinski definition) is 2. The van der Waals surface area contributed by atoms with Crippen molar-refractivity contribution in [1.29, 1.82) is 0 Å². The maximum Gasteiger partial charge on any atom is 0.123 e. The molecule has 3 N–H and O–H groups in total. The summed E-state index contributed by atoms with van der Waals surface area (Å²) < 4.78 is 0. The van der Waals surface area contributed by atoms with Crippen molar-refractivity contribution in [3.8, 4) is 0 Å². The van der Waals surface area contributed by atoms with Gasteiger partial charge in [0, 0.05) is 10.7 Å². The standard InChI is InChI=1S/C12H12ClN3/c1-8-2-3-9(13)6-11(8)16-10-4-5-12(14)15-7-10/h2-7,16H,1H3,(H2,14,15). The normalized spacial score (nSPS) is 10.1. The molecule has 1 aromatic carbocycles. The minimum Gasteiger partial charge on any atom is -0.384 e. The highest BCUT2D eigenvalue weighted by atomic mass is 35.5. The van der Waals surface area contributed by atoms with E-state index in [-0.39, 0.29) is 0 Å². The van der Waals surface area contributed by atoms with Crippen molar-refractivity contribution in [3.63, 3.8) is 0 Å². The van der Waals surface area contributed by atoms with E-state index in [4.69, 9.17) is 17.3 Å². The van der Waals surface area contributed by atoms with Crippen molar-refractivity contribution in [3.05, 3.63) is 47.1 Å². The van der Waals surface area contributed by atoms with Gasteiger partial charge in [0.2, 0.25) is 0 Å². The predicted octanol–water partition coefficient (Wildman–Crippen LogP) is 3.37. The molecule has 3 nitrogen and oxygen atoms in total. The molecule has 2 aromatic rings. The molecule has 1 aromatic heterocycles. The third-order valence-electron chi connectivity index (χ3n) is 2.26. The Labute approximate surface area is 99.3 Å². The summed E-state index contributed by atoms with van der Waals surface area (Å²) in [5.41, 5.74) is 8.50. The van der Waals surface area contributed by atoms with Gasteiger partial charge in [0.15, 0.2) is 0 Å². The summed E-state index contributed by atoms with van der Waals surface area (Å²) in [6, 6.07) is 9.34. The first-order chi connectivity index (χ1) is 7.65. The number of nitrogens with zero attached hydrogens (tertiary/aromatic N) is 1. The zero-order valence-electron chi connectivity index (χ0n) is 8.87. The number of aromatic nitrogens is 1. The van der Waals surface area contributed by atoms with E-state index in [1.807, 2.05) is 31.2 Å². The van der Waals surface area contributed by atoms with Crippen LogP contribution in [0.15, 0.2) is 36.5 Å². The lowest BCUT2D eigenvalue weighted by molar-refractivity contribution is 1.32. The molecular weight excluding hydrogens is 222 g/mol. The Balaban J connectivity index is 2.26. The Hall–Kier alpha value is -1.74. The first-order valence-electron chi connectivity index (χ1n) is 4.90. The van der Waals surface area contributed by atoms with Gasteiger partial charge in [0.05, 0.1) is 11.9 Å². The Morgan fingerprint density at radius 2 is 2.06 bits per heavy atom. The number of halogens is 1. The van der Waals surface area contributed by atoms with E-state index >= 15 is 0 Å². The molecule has 4 heteroatoms. The van der Waals surface area contributed by atoms with E-state index in [0.717, 1.165) is 16.9 Å². The summed E-state index contributed by atoms with van der Waals surface area (Å²) in [6.07, 6.45) is 1.69. The molecule has 0 aliphatic carbocycles. The molecule has 0 unspecified atom stereocenters. The fourth-order valence-corrected chi connectivity index (χ4v) is 1.54. The summed E-state index contributed by atoms with van der Waals surface area (Å²) in [5.74, 6) is 0.508. The largest absolute Gasteiger partial charge is 0.384 e. The second-order valence-electron chi connectivity index (χ2n) is 3.56. The average molecular weight is 234 g/mol. The monoisotopic (exact) mass is 233 g/mol. The van der Waals surface area contributed by atoms with Gasteiger partial charge in [-0.05, 0) is 36.8 Å². The molecule has 0 radical (unpaired) electrons. The fraction of sp³-hybridized carbons (Fsp3) is 0.0833. The molecule has 2 rings (SSSR count). The average Bonchev–Trinajstić information content (AvgIpc) is 2.27. The van der Waals surface area contributed by atoms with E-state index in [0.29, 0.717) is 10.8 Å². The molecule has 0 fully saturated rings. The maximum absolute atomic E-state index is 5.93. The van der Waals surface area contributed by atoms with Crippen LogP contribution in [0.4, 0.5) is 17.2 Å². The highest BCUT2D eigenvalue weighted by molar-refractivity contribution is 6.30. The Morgan fingerprint density at radius 1 is 1.25 bits per heavy atom. The molecular formula is C12H12ClN3. The van der Waals surface area contributed by atoms with Gasteiger partial charge in [-0.25, -0.2) is 4.98 Å². The predicted molar refractivity (Wildman–Crippen MR) is 68.1 cm³/mol. The minimum absolute atomic E-state index is 0.508. The van der Waals surface area contributed by atoms with Crippen LogP contribution >= 0.6 is 11.6 Å². The van der Waals surface area contributed by atoms with Crippen LogP contribution in [0.3, 0.4) is 0 Å². The SMILES string of the molecule is Cc1ccc(Cl)cc1Nc1ccc(N)nc1. The van der Waals surface area contributed by atoms with Gasteiger partial charge in [-0.15, -0.1) is 0 Å². The molecule has 0 atom stereocenters. The smallest absolute Gasteiger partial charge is 0.123 e. The third-order valence-corrected chi connectivity index (χ3v) is 2.50. The lowest BCUT2D eigenvalue weighted by Gasteiger charge is -2.09. The van der Waals surface area contributed by atoms with E-state index in [1.54, 1.807) is 12.3 Å². The summed E-state index contributed by atoms with van der Waals surface area (Å²) >= 11 is 5.93. The number of benzene rings is 1. The minimum atomic E-state index is 0.508. The van der Waals surface area contributed by atoms with Gasteiger partial charge in [-0.2, -0.15) is 0 Å². The molecule has 16 heavy (non-hydrogen) atoms. The summed E-state index contributed by atoms with van der Waals surface area (Å²) in [5, 5.41) is 3.94. The summed E-state index contributed by atoms with van der Waals surface area (Å²) in [6.45, 7) is 2.02. The third kappa shape index (κ3) is 2.44. The van der Waals surface area contributed by atoms with Crippen molar-refractivity contribution in [1.82, 2.24) is 4.98 Å². The zero-order chi connectivity index (χ0) is 11.5. The lowest BCUT2D eigenvalue weighted by Crippen LogP contribution is -1.95. The number of hydrogen-bond acceptors (Lipinski definition) is 3. The number of anilines is 3. The number of nitrogens with one attached hydrogen (secondary N) is 1. The topological polar surface area (TPSA) is 50.9 Å². The number of nitrogen functional groups attached to an aromatic ring is 1. The first kappa shape index (κ1) is 10.8. The van der Waals surface area contributed by atoms with E-state index < -0.39 is 0 Å². The Kier molecular flexibility index (Phi) is 2.97. The van der Waals surface area contributed by atoms with Crippen LogP contribution in [0.1, 0.15) is 5.56 Å². The van der Waals surface area contributed by atoms with E-state index in [9.17, 15) is 0 Å². The van der Waals surface area contributed by atoms with Gasteiger partial charge in [0.25, 0.3) is 0 Å². The first-order valence-corrected chi connectivity index (χ1v) is 5.27. The molecule has 0 aliphatic rings. The number of pyridine rings is 1. The molecule has 82 valence electrons. The van der Waals surface area contributed by atoms with E-state index in [2.05, 4.69) is 10.3 Å². The second-order valence-corrected chi connectivity index (χ2v) is 3.99. The maximum atomic E-state index is 5.93. The van der Waals surface area contributed by atoms with Gasteiger partial charge >= 0.3 is 0 Å². The number of nitrogens with two attached hydrogens (primary N) is 1. The van der Waals surface area contributed by atoms with Crippen molar-refractivity contribution in [2.24, 2.45) is 0 Å². The van der Waals surface area contributed by atoms with Crippen LogP contribution in [-0.2, 0) is 0 Å². The highest BCUT2D eigenvalue weighted by Gasteiger charge is 2.00. The van der Waals surface area contributed by atoms with Crippen LogP contribution in [0.2, 0.25) is 5.02 Å². The molecule has 1 heterocycles. The van der Waals surface area contributed by atoms with Gasteiger partial charge in [-0.3, -0.25) is 0 Å². The van der Waals surface area contributed by atoms with Gasteiger partial charge in [-0.1, -0.05) is 17.7 Å². The molecule has 0 saturated carbocycles. The quantitative estimate of drug-likeness (QED) is 0.836. The fourth-order valence-electron chi connectivity index (χ4n) is 1.36. The van der Waals surface area contributed by atoms with Crippen LogP contribution in [0.5, 0.6) is 0 Å². The number of aryl methyl sites for hydroxylation is 1. The van der Waals surface area contributed by atoms with Crippen LogP contribution in [-0.4, -0.2) is 4.98 Å². The van der Waals surface area contributed by atoms with Crippen molar-refractivity contribution < 1.29 is 0 Å². The molecule has 0 aliphatic heterocycles. The molecule has 0 saturated heterocycles. The van der Waals surface area contributed by atoms with Crippen LogP contribution < -0.4 is 11.1 Å². The summed E-state index contributed by atoms with van der Waals surface area (Å²) in [7, 11) is 0. The van der Waals surface area contributed by atoms with E-state index in [1.165, 1.54) is 0 Å². The molecule has 0 spiro atoms. The Morgan fingerprint density at radius 3 is 2.75 bits per heavy atom. The van der Waals surface area contributed by atoms with Crippen molar-refractivity contribution >= 4 is 28.8 Å². The number of rotatable bonds is 2. The molecule has 0 bridgehead atoms. The van der Waals surface area contributed by atoms with Gasteiger partial charge < -0.3 is 11.1 Å². The second kappa shape index (κ2) is 4.41. The zero-order valence-corrected chi connectivity index (χ0v) is 9.62. The molecule has 0 amide bonds. The van der Waals surface area contributed by atoms with Crippen LogP contribution in [0.25, 0.3) is 0 Å². The summed E-state index contributed by atoms with van der Waals surface area (Å²) in [4.78, 5) is 4.01. The Bertz CT molecular complexity index is 494. The van der Waals surface area contributed by atoms with Crippen LogP contribution in [0, 0.1) is 6.92 Å². The van der Waals surface area contributed by atoms with Gasteiger partial charge in [0.1, 0.15) is 5.82 Å².